The topological polar surface area (TPSA) is 64.4 Å². The van der Waals surface area contributed by atoms with Crippen LogP contribution in [-0.2, 0) is 23.0 Å². The van der Waals surface area contributed by atoms with Crippen molar-refractivity contribution in [2.45, 2.75) is 46.1 Å². The zero-order valence-electron chi connectivity index (χ0n) is 14.4. The van der Waals surface area contributed by atoms with Gasteiger partial charge < -0.3 is 9.64 Å². The molecule has 1 amide bonds. The van der Waals surface area contributed by atoms with Crippen molar-refractivity contribution in [2.75, 3.05) is 13.1 Å². The first-order valence-electron chi connectivity index (χ1n) is 7.77. The molecular formula is C16H24ClN3O3. The summed E-state index contributed by atoms with van der Waals surface area (Å²) in [4.78, 5) is 26.2. The first kappa shape index (κ1) is 17.8. The van der Waals surface area contributed by atoms with Crippen LogP contribution in [0.2, 0.25) is 5.02 Å². The Morgan fingerprint density at radius 1 is 1.39 bits per heavy atom. The van der Waals surface area contributed by atoms with E-state index in [2.05, 4.69) is 5.10 Å². The molecule has 1 saturated heterocycles. The lowest BCUT2D eigenvalue weighted by Crippen LogP contribution is -2.36. The number of hydrogen-bond acceptors (Lipinski definition) is 4. The van der Waals surface area contributed by atoms with E-state index >= 15 is 0 Å². The second-order valence-corrected chi connectivity index (χ2v) is 7.40. The number of aromatic nitrogens is 2. The van der Waals surface area contributed by atoms with Gasteiger partial charge in [-0.3, -0.25) is 9.48 Å². The van der Waals surface area contributed by atoms with Crippen molar-refractivity contribution in [3.63, 3.8) is 0 Å². The Morgan fingerprint density at radius 3 is 2.57 bits per heavy atom. The molecule has 2 heterocycles. The summed E-state index contributed by atoms with van der Waals surface area (Å²) in [6.07, 6.45) is 0.539. The first-order chi connectivity index (χ1) is 10.6. The quantitative estimate of drug-likeness (QED) is 0.848. The molecule has 1 aromatic heterocycles. The highest BCUT2D eigenvalue weighted by Crippen LogP contribution is 2.25. The molecule has 0 saturated carbocycles. The molecule has 0 spiro atoms. The summed E-state index contributed by atoms with van der Waals surface area (Å²) in [6.45, 7) is 8.25. The fraction of sp³-hybridized carbons (Fsp3) is 0.688. The molecule has 1 unspecified atom stereocenters. The molecular weight excluding hydrogens is 318 g/mol. The van der Waals surface area contributed by atoms with Gasteiger partial charge in [-0.2, -0.15) is 5.10 Å². The predicted octanol–water partition coefficient (Wildman–Crippen LogP) is 2.75. The van der Waals surface area contributed by atoms with E-state index in [0.717, 1.165) is 11.4 Å². The Balaban J connectivity index is 1.96. The number of carbonyl (C=O) groups excluding carboxylic acids is 2. The van der Waals surface area contributed by atoms with Crippen LogP contribution in [0.1, 0.15) is 38.6 Å². The standard InChI is InChI=1S/C16H24ClN3O3/c1-10-14(17)12(19(5)18-10)8-13(21)11-6-7-20(9-11)15(22)23-16(2,3)4/h11H,6-9H2,1-5H3. The van der Waals surface area contributed by atoms with Crippen molar-refractivity contribution in [1.29, 1.82) is 0 Å². The van der Waals surface area contributed by atoms with Crippen molar-refractivity contribution in [3.05, 3.63) is 16.4 Å². The number of ketones is 1. The van der Waals surface area contributed by atoms with Crippen LogP contribution in [0.5, 0.6) is 0 Å². The van der Waals surface area contributed by atoms with Gasteiger partial charge in [-0.1, -0.05) is 11.6 Å². The lowest BCUT2D eigenvalue weighted by molar-refractivity contribution is -0.121. The van der Waals surface area contributed by atoms with Crippen LogP contribution in [0.15, 0.2) is 0 Å². The molecule has 0 aromatic carbocycles. The third kappa shape index (κ3) is 4.25. The minimum Gasteiger partial charge on any atom is -0.444 e. The average molecular weight is 342 g/mol. The summed E-state index contributed by atoms with van der Waals surface area (Å²) < 4.78 is 7.00. The van der Waals surface area contributed by atoms with Gasteiger partial charge in [0.2, 0.25) is 0 Å². The first-order valence-corrected chi connectivity index (χ1v) is 8.15. The summed E-state index contributed by atoms with van der Waals surface area (Å²) in [6, 6.07) is 0. The molecule has 7 heteroatoms. The minimum atomic E-state index is -0.529. The highest BCUT2D eigenvalue weighted by Gasteiger charge is 2.33. The number of Topliss-reactive ketones (excluding diaryl/α,β-unsaturated/α-hetero) is 1. The maximum atomic E-state index is 12.5. The monoisotopic (exact) mass is 341 g/mol. The van der Waals surface area contributed by atoms with E-state index in [1.165, 1.54) is 0 Å². The highest BCUT2D eigenvalue weighted by atomic mass is 35.5. The van der Waals surface area contributed by atoms with E-state index in [-0.39, 0.29) is 24.2 Å². The highest BCUT2D eigenvalue weighted by molar-refractivity contribution is 6.32. The number of amides is 1. The Kier molecular flexibility index (Phi) is 5.04. The lowest BCUT2D eigenvalue weighted by Gasteiger charge is -2.24. The Bertz CT molecular complexity index is 619. The van der Waals surface area contributed by atoms with Gasteiger partial charge in [0.05, 0.1) is 22.8 Å². The summed E-state index contributed by atoms with van der Waals surface area (Å²) in [5, 5.41) is 4.77. The van der Waals surface area contributed by atoms with E-state index in [9.17, 15) is 9.59 Å². The van der Waals surface area contributed by atoms with E-state index in [0.29, 0.717) is 24.5 Å². The SMILES string of the molecule is Cc1nn(C)c(CC(=O)C2CCN(C(=O)OC(C)(C)C)C2)c1Cl. The Labute approximate surface area is 141 Å². The van der Waals surface area contributed by atoms with Gasteiger partial charge in [-0.25, -0.2) is 4.79 Å². The number of nitrogens with zero attached hydrogens (tertiary/aromatic N) is 3. The van der Waals surface area contributed by atoms with Crippen LogP contribution in [0.3, 0.4) is 0 Å². The summed E-state index contributed by atoms with van der Waals surface area (Å²) in [7, 11) is 1.78. The van der Waals surface area contributed by atoms with E-state index in [4.69, 9.17) is 16.3 Å². The normalized spacial score (nSPS) is 18.3. The zero-order valence-corrected chi connectivity index (χ0v) is 15.1. The summed E-state index contributed by atoms with van der Waals surface area (Å²) in [5.74, 6) is -0.0882. The number of ether oxygens (including phenoxy) is 1. The number of rotatable bonds is 3. The third-order valence-corrected chi connectivity index (χ3v) is 4.39. The van der Waals surface area contributed by atoms with Crippen LogP contribution in [0, 0.1) is 12.8 Å². The molecule has 6 nitrogen and oxygen atoms in total. The number of halogens is 1. The van der Waals surface area contributed by atoms with Crippen molar-refractivity contribution in [1.82, 2.24) is 14.7 Å². The fourth-order valence-electron chi connectivity index (χ4n) is 2.70. The number of hydrogen-bond donors (Lipinski definition) is 0. The molecule has 1 aliphatic heterocycles. The van der Waals surface area contributed by atoms with Gasteiger partial charge in [0.15, 0.2) is 0 Å². The molecule has 23 heavy (non-hydrogen) atoms. The van der Waals surface area contributed by atoms with Gasteiger partial charge in [0.1, 0.15) is 11.4 Å². The molecule has 1 atom stereocenters. The molecule has 128 valence electrons. The van der Waals surface area contributed by atoms with E-state index in [1.807, 2.05) is 27.7 Å². The third-order valence-electron chi connectivity index (χ3n) is 3.90. The van der Waals surface area contributed by atoms with Gasteiger partial charge in [-0.15, -0.1) is 0 Å². The molecule has 0 bridgehead atoms. The van der Waals surface area contributed by atoms with Crippen LogP contribution in [0.4, 0.5) is 4.79 Å². The molecule has 0 radical (unpaired) electrons. The molecule has 1 fully saturated rings. The Morgan fingerprint density at radius 2 is 2.04 bits per heavy atom. The summed E-state index contributed by atoms with van der Waals surface area (Å²) in [5.41, 5.74) is 0.919. The van der Waals surface area contributed by atoms with Gasteiger partial charge in [0, 0.05) is 26.1 Å². The zero-order chi connectivity index (χ0) is 17.4. The van der Waals surface area contributed by atoms with Crippen molar-refractivity contribution >= 4 is 23.5 Å². The minimum absolute atomic E-state index is 0.0842. The Hall–Kier alpha value is -1.56. The number of likely N-dealkylation sites (tertiary alicyclic amines) is 1. The van der Waals surface area contributed by atoms with Crippen molar-refractivity contribution in [2.24, 2.45) is 13.0 Å². The number of aryl methyl sites for hydroxylation is 2. The van der Waals surface area contributed by atoms with E-state index in [1.54, 1.807) is 16.6 Å². The molecule has 1 aromatic rings. The smallest absolute Gasteiger partial charge is 0.410 e. The van der Waals surface area contributed by atoms with Crippen LogP contribution >= 0.6 is 11.6 Å². The maximum Gasteiger partial charge on any atom is 0.410 e. The van der Waals surface area contributed by atoms with Gasteiger partial charge >= 0.3 is 6.09 Å². The largest absolute Gasteiger partial charge is 0.444 e. The number of carbonyl (C=O) groups is 2. The predicted molar refractivity (Wildman–Crippen MR) is 87.6 cm³/mol. The van der Waals surface area contributed by atoms with Crippen LogP contribution in [-0.4, -0.2) is 45.2 Å². The van der Waals surface area contributed by atoms with Crippen LogP contribution in [0.25, 0.3) is 0 Å². The fourth-order valence-corrected chi connectivity index (χ4v) is 2.92. The maximum absolute atomic E-state index is 12.5. The molecule has 0 aliphatic carbocycles. The van der Waals surface area contributed by atoms with Crippen LogP contribution < -0.4 is 0 Å². The van der Waals surface area contributed by atoms with Crippen molar-refractivity contribution in [3.8, 4) is 0 Å². The second kappa shape index (κ2) is 6.51. The van der Waals surface area contributed by atoms with E-state index < -0.39 is 5.60 Å². The second-order valence-electron chi connectivity index (χ2n) is 7.02. The average Bonchev–Trinajstić information content (AvgIpc) is 2.98. The lowest BCUT2D eigenvalue weighted by atomic mass is 9.99. The van der Waals surface area contributed by atoms with Gasteiger partial charge in [0.25, 0.3) is 0 Å². The van der Waals surface area contributed by atoms with Gasteiger partial charge in [-0.05, 0) is 34.1 Å². The van der Waals surface area contributed by atoms with Crippen molar-refractivity contribution < 1.29 is 14.3 Å². The molecule has 1 aliphatic rings. The summed E-state index contributed by atoms with van der Waals surface area (Å²) >= 11 is 6.20. The molecule has 2 rings (SSSR count). The molecule has 0 N–H and O–H groups in total.